The highest BCUT2D eigenvalue weighted by Crippen LogP contribution is 2.63. The monoisotopic (exact) mass is 285 g/mol. The molecule has 0 N–H and O–H groups in total. The number of carbonyl (C=O) groups is 1. The van der Waals surface area contributed by atoms with Crippen LogP contribution in [0.4, 0.5) is 0 Å². The van der Waals surface area contributed by atoms with E-state index in [9.17, 15) is 4.79 Å². The van der Waals surface area contributed by atoms with Gasteiger partial charge < -0.3 is 4.84 Å². The molecule has 1 aromatic rings. The lowest BCUT2D eigenvalue weighted by Crippen LogP contribution is -2.32. The van der Waals surface area contributed by atoms with Crippen molar-refractivity contribution < 1.29 is 9.63 Å². The van der Waals surface area contributed by atoms with E-state index in [1.807, 2.05) is 19.1 Å². The Kier molecular flexibility index (Phi) is 3.19. The number of rotatable bonds is 2. The number of aryl methyl sites for hydroxylation is 1. The molecular formula is C18H23NO2. The van der Waals surface area contributed by atoms with Gasteiger partial charge in [0.1, 0.15) is 0 Å². The first-order valence-electron chi connectivity index (χ1n) is 7.70. The summed E-state index contributed by atoms with van der Waals surface area (Å²) >= 11 is 0. The van der Waals surface area contributed by atoms with Crippen molar-refractivity contribution in [1.82, 2.24) is 0 Å². The molecule has 0 radical (unpaired) electrons. The molecule has 2 fully saturated rings. The number of hydrogen-bond donors (Lipinski definition) is 0. The quantitative estimate of drug-likeness (QED) is 0.598. The van der Waals surface area contributed by atoms with Gasteiger partial charge in [-0.25, -0.2) is 4.79 Å². The fraction of sp³-hybridized carbons (Fsp3) is 0.556. The number of carbonyl (C=O) groups excluding carboxylic acids is 1. The molecule has 2 atom stereocenters. The van der Waals surface area contributed by atoms with Gasteiger partial charge in [0.25, 0.3) is 0 Å². The summed E-state index contributed by atoms with van der Waals surface area (Å²) in [5.41, 5.74) is 3.06. The Labute approximate surface area is 126 Å². The van der Waals surface area contributed by atoms with Gasteiger partial charge >= 0.3 is 5.97 Å². The SMILES string of the molecule is Cc1ccc(C(=O)O/N=C2/C[C@H]3CC[C@@]2(C)C3(C)C)cc1. The minimum atomic E-state index is -0.369. The van der Waals surface area contributed by atoms with E-state index in [0.717, 1.165) is 24.1 Å². The average Bonchev–Trinajstić information content (AvgIpc) is 2.78. The Morgan fingerprint density at radius 1 is 1.24 bits per heavy atom. The molecule has 0 unspecified atom stereocenters. The number of hydrogen-bond acceptors (Lipinski definition) is 3. The summed E-state index contributed by atoms with van der Waals surface area (Å²) in [6, 6.07) is 7.38. The number of oxime groups is 1. The van der Waals surface area contributed by atoms with Crippen molar-refractivity contribution in [2.45, 2.75) is 47.0 Å². The van der Waals surface area contributed by atoms with Crippen LogP contribution in [-0.4, -0.2) is 11.7 Å². The zero-order valence-corrected chi connectivity index (χ0v) is 13.3. The average molecular weight is 285 g/mol. The minimum Gasteiger partial charge on any atom is -0.313 e. The van der Waals surface area contributed by atoms with Gasteiger partial charge in [-0.15, -0.1) is 0 Å². The second-order valence-corrected chi connectivity index (χ2v) is 7.28. The first-order chi connectivity index (χ1) is 9.84. The molecule has 21 heavy (non-hydrogen) atoms. The van der Waals surface area contributed by atoms with Crippen molar-refractivity contribution in [1.29, 1.82) is 0 Å². The standard InChI is InChI=1S/C18H23NO2/c1-12-5-7-13(8-6-12)16(20)21-19-15-11-14-9-10-18(15,4)17(14,2)3/h5-8,14H,9-11H2,1-4H3/b19-15-/t14-,18-/m1/s1. The van der Waals surface area contributed by atoms with E-state index in [-0.39, 0.29) is 16.8 Å². The molecule has 0 heterocycles. The fourth-order valence-electron chi connectivity index (χ4n) is 3.91. The van der Waals surface area contributed by atoms with E-state index in [1.165, 1.54) is 6.42 Å². The van der Waals surface area contributed by atoms with Crippen LogP contribution in [0.15, 0.2) is 29.4 Å². The molecular weight excluding hydrogens is 262 g/mol. The summed E-state index contributed by atoms with van der Waals surface area (Å²) in [6.07, 6.45) is 3.37. The maximum Gasteiger partial charge on any atom is 0.365 e. The zero-order chi connectivity index (χ0) is 15.3. The Morgan fingerprint density at radius 3 is 2.43 bits per heavy atom. The maximum absolute atomic E-state index is 12.1. The largest absolute Gasteiger partial charge is 0.365 e. The van der Waals surface area contributed by atoms with E-state index in [2.05, 4.69) is 25.9 Å². The van der Waals surface area contributed by atoms with Crippen molar-refractivity contribution in [3.63, 3.8) is 0 Å². The predicted octanol–water partition coefficient (Wildman–Crippen LogP) is 4.35. The molecule has 112 valence electrons. The third-order valence-electron chi connectivity index (χ3n) is 6.04. The fourth-order valence-corrected chi connectivity index (χ4v) is 3.91. The van der Waals surface area contributed by atoms with Crippen LogP contribution in [0.5, 0.6) is 0 Å². The van der Waals surface area contributed by atoms with Gasteiger partial charge in [-0.3, -0.25) is 0 Å². The third-order valence-corrected chi connectivity index (χ3v) is 6.04. The van der Waals surface area contributed by atoms with Gasteiger partial charge in [0.2, 0.25) is 0 Å². The van der Waals surface area contributed by atoms with Crippen molar-refractivity contribution >= 4 is 11.7 Å². The van der Waals surface area contributed by atoms with Crippen molar-refractivity contribution in [3.8, 4) is 0 Å². The van der Waals surface area contributed by atoms with E-state index in [4.69, 9.17) is 4.84 Å². The van der Waals surface area contributed by atoms with Gasteiger partial charge in [-0.1, -0.05) is 43.6 Å². The molecule has 0 spiro atoms. The predicted molar refractivity (Wildman–Crippen MR) is 83.3 cm³/mol. The molecule has 0 saturated heterocycles. The lowest BCUT2D eigenvalue weighted by atomic mass is 9.70. The molecule has 3 nitrogen and oxygen atoms in total. The molecule has 0 amide bonds. The summed E-state index contributed by atoms with van der Waals surface area (Å²) in [6.45, 7) is 8.88. The second-order valence-electron chi connectivity index (χ2n) is 7.28. The van der Waals surface area contributed by atoms with Crippen LogP contribution in [-0.2, 0) is 4.84 Å². The van der Waals surface area contributed by atoms with Crippen LogP contribution in [0.1, 0.15) is 56.0 Å². The minimum absolute atomic E-state index is 0.0746. The highest BCUT2D eigenvalue weighted by atomic mass is 16.7. The molecule has 3 heteroatoms. The molecule has 0 aromatic heterocycles. The van der Waals surface area contributed by atoms with Crippen molar-refractivity contribution in [2.24, 2.45) is 21.9 Å². The van der Waals surface area contributed by atoms with Gasteiger partial charge in [0.15, 0.2) is 0 Å². The lowest BCUT2D eigenvalue weighted by molar-refractivity contribution is 0.0508. The molecule has 2 bridgehead atoms. The van der Waals surface area contributed by atoms with E-state index in [1.54, 1.807) is 12.1 Å². The summed E-state index contributed by atoms with van der Waals surface area (Å²) in [7, 11) is 0. The van der Waals surface area contributed by atoms with Crippen LogP contribution in [0.3, 0.4) is 0 Å². The second kappa shape index (κ2) is 4.69. The van der Waals surface area contributed by atoms with Gasteiger partial charge in [-0.05, 0) is 49.7 Å². The highest BCUT2D eigenvalue weighted by Gasteiger charge is 2.60. The first kappa shape index (κ1) is 14.3. The normalized spacial score (nSPS) is 31.6. The summed E-state index contributed by atoms with van der Waals surface area (Å²) in [5.74, 6) is 0.297. The van der Waals surface area contributed by atoms with Crippen molar-refractivity contribution in [3.05, 3.63) is 35.4 Å². The Morgan fingerprint density at radius 2 is 1.90 bits per heavy atom. The Bertz CT molecular complexity index is 600. The van der Waals surface area contributed by atoms with Gasteiger partial charge in [0, 0.05) is 5.41 Å². The first-order valence-corrected chi connectivity index (χ1v) is 7.70. The maximum atomic E-state index is 12.1. The van der Waals surface area contributed by atoms with E-state index in [0.29, 0.717) is 11.5 Å². The van der Waals surface area contributed by atoms with Crippen LogP contribution in [0, 0.1) is 23.7 Å². The molecule has 3 rings (SSSR count). The Balaban J connectivity index is 1.76. The lowest BCUT2D eigenvalue weighted by Gasteiger charge is -2.34. The number of fused-ring (bicyclic) bond motifs is 2. The van der Waals surface area contributed by atoms with Crippen LogP contribution in [0.2, 0.25) is 0 Å². The summed E-state index contributed by atoms with van der Waals surface area (Å²) in [4.78, 5) is 17.3. The molecule has 2 aliphatic carbocycles. The number of benzene rings is 1. The summed E-state index contributed by atoms with van der Waals surface area (Å²) in [5, 5.41) is 4.24. The highest BCUT2D eigenvalue weighted by molar-refractivity contribution is 5.95. The van der Waals surface area contributed by atoms with Crippen molar-refractivity contribution in [2.75, 3.05) is 0 Å². The molecule has 0 aliphatic heterocycles. The molecule has 2 saturated carbocycles. The zero-order valence-electron chi connectivity index (χ0n) is 13.3. The third kappa shape index (κ3) is 2.10. The van der Waals surface area contributed by atoms with Crippen LogP contribution < -0.4 is 0 Å². The van der Waals surface area contributed by atoms with Crippen LogP contribution >= 0.6 is 0 Å². The van der Waals surface area contributed by atoms with Crippen LogP contribution in [0.25, 0.3) is 0 Å². The number of nitrogens with zero attached hydrogens (tertiary/aromatic N) is 1. The smallest absolute Gasteiger partial charge is 0.313 e. The summed E-state index contributed by atoms with van der Waals surface area (Å²) < 4.78 is 0. The van der Waals surface area contributed by atoms with E-state index < -0.39 is 0 Å². The molecule has 2 aliphatic rings. The Hall–Kier alpha value is -1.64. The molecule has 1 aromatic carbocycles. The van der Waals surface area contributed by atoms with Gasteiger partial charge in [0.05, 0.1) is 11.3 Å². The van der Waals surface area contributed by atoms with Gasteiger partial charge in [-0.2, -0.15) is 0 Å². The topological polar surface area (TPSA) is 38.7 Å². The van der Waals surface area contributed by atoms with E-state index >= 15 is 0 Å².